The minimum Gasteiger partial charge on any atom is -0.493 e. The summed E-state index contributed by atoms with van der Waals surface area (Å²) in [4.78, 5) is 18.8. The molecule has 0 fully saturated rings. The molecule has 7 nitrogen and oxygen atoms in total. The number of nitrogens with zero attached hydrogens (tertiary/aromatic N) is 2. The molecule has 0 aromatic heterocycles. The molecular formula is C31H29N3O4S. The Kier molecular flexibility index (Phi) is 8.13. The van der Waals surface area contributed by atoms with Gasteiger partial charge < -0.3 is 14.2 Å². The number of thioether (sulfide) groups is 1. The van der Waals surface area contributed by atoms with Gasteiger partial charge in [-0.05, 0) is 55.3 Å². The number of nitrogens with one attached hydrogen (secondary N) is 1. The number of hydrogen-bond acceptors (Lipinski definition) is 6. The number of rotatable bonds is 10. The monoisotopic (exact) mass is 539 g/mol. The van der Waals surface area contributed by atoms with E-state index in [1.807, 2.05) is 92.1 Å². The zero-order chi connectivity index (χ0) is 27.2. The van der Waals surface area contributed by atoms with Crippen LogP contribution < -0.4 is 14.2 Å². The minimum absolute atomic E-state index is 0.0944. The second-order valence-corrected chi connectivity index (χ2v) is 9.77. The van der Waals surface area contributed by atoms with E-state index in [0.29, 0.717) is 42.9 Å². The van der Waals surface area contributed by atoms with Gasteiger partial charge in [-0.25, -0.2) is 0 Å². The first-order valence-electron chi connectivity index (χ1n) is 12.8. The highest BCUT2D eigenvalue weighted by Gasteiger charge is 2.36. The van der Waals surface area contributed by atoms with Gasteiger partial charge in [-0.15, -0.1) is 0 Å². The van der Waals surface area contributed by atoms with E-state index in [0.717, 1.165) is 22.6 Å². The summed E-state index contributed by atoms with van der Waals surface area (Å²) in [6.45, 7) is 5.42. The number of amides is 1. The SMILES string of the molecule is CCOc1cc(/C=C2/C(=N)N3C(c4ccccc4)=CSC3=NC2=O)ccc1OCCCOc1ccc(C)cc1. The van der Waals surface area contributed by atoms with Gasteiger partial charge >= 0.3 is 0 Å². The zero-order valence-electron chi connectivity index (χ0n) is 21.8. The Morgan fingerprint density at radius 1 is 0.949 bits per heavy atom. The standard InChI is InChI=1S/C31H29N3O4S/c1-3-36-28-19-22(12-15-27(28)38-17-7-16-37-24-13-10-21(2)11-14-24)18-25-29(32)34-26(23-8-5-4-6-9-23)20-39-31(34)33-30(25)35/h4-6,8-15,18-20,32H,3,7,16-17H2,1-2H3/b25-18-,32-29?. The lowest BCUT2D eigenvalue weighted by Crippen LogP contribution is -2.38. The van der Waals surface area contributed by atoms with Gasteiger partial charge in [0.1, 0.15) is 11.6 Å². The highest BCUT2D eigenvalue weighted by molar-refractivity contribution is 8.17. The van der Waals surface area contributed by atoms with Crippen LogP contribution in [0.25, 0.3) is 11.8 Å². The van der Waals surface area contributed by atoms with Gasteiger partial charge in [0.2, 0.25) is 0 Å². The molecule has 198 valence electrons. The van der Waals surface area contributed by atoms with Crippen molar-refractivity contribution >= 4 is 40.4 Å². The number of fused-ring (bicyclic) bond motifs is 1. The third-order valence-electron chi connectivity index (χ3n) is 6.10. The van der Waals surface area contributed by atoms with Crippen LogP contribution in [-0.4, -0.2) is 41.6 Å². The predicted molar refractivity (Wildman–Crippen MR) is 156 cm³/mol. The Hall–Kier alpha value is -4.30. The molecule has 39 heavy (non-hydrogen) atoms. The quantitative estimate of drug-likeness (QED) is 0.232. The number of carbonyl (C=O) groups excluding carboxylic acids is 1. The minimum atomic E-state index is -0.437. The predicted octanol–water partition coefficient (Wildman–Crippen LogP) is 6.55. The van der Waals surface area contributed by atoms with E-state index in [2.05, 4.69) is 4.99 Å². The number of ether oxygens (including phenoxy) is 3. The van der Waals surface area contributed by atoms with Crippen LogP contribution in [0, 0.1) is 12.3 Å². The number of benzene rings is 3. The molecule has 5 rings (SSSR count). The Balaban J connectivity index is 1.27. The van der Waals surface area contributed by atoms with E-state index in [1.165, 1.54) is 17.3 Å². The van der Waals surface area contributed by atoms with Crippen molar-refractivity contribution in [2.75, 3.05) is 19.8 Å². The van der Waals surface area contributed by atoms with Crippen molar-refractivity contribution < 1.29 is 19.0 Å². The highest BCUT2D eigenvalue weighted by Crippen LogP contribution is 2.37. The second kappa shape index (κ2) is 12.0. The van der Waals surface area contributed by atoms with Crippen molar-refractivity contribution in [1.82, 2.24) is 4.90 Å². The van der Waals surface area contributed by atoms with Crippen LogP contribution in [0.5, 0.6) is 17.2 Å². The van der Waals surface area contributed by atoms with Crippen molar-refractivity contribution in [3.63, 3.8) is 0 Å². The molecule has 3 aromatic rings. The van der Waals surface area contributed by atoms with Crippen LogP contribution in [0.15, 0.2) is 88.8 Å². The van der Waals surface area contributed by atoms with Crippen molar-refractivity contribution in [3.05, 3.63) is 100 Å². The maximum Gasteiger partial charge on any atom is 0.283 e. The maximum atomic E-state index is 12.9. The van der Waals surface area contributed by atoms with E-state index < -0.39 is 5.91 Å². The fourth-order valence-corrected chi connectivity index (χ4v) is 5.04. The van der Waals surface area contributed by atoms with Gasteiger partial charge in [-0.3, -0.25) is 15.1 Å². The summed E-state index contributed by atoms with van der Waals surface area (Å²) in [5.74, 6) is 1.69. The molecule has 0 atom stereocenters. The van der Waals surface area contributed by atoms with Gasteiger partial charge in [0.05, 0.1) is 31.1 Å². The zero-order valence-corrected chi connectivity index (χ0v) is 22.7. The summed E-state index contributed by atoms with van der Waals surface area (Å²) in [5.41, 5.74) is 3.91. The van der Waals surface area contributed by atoms with E-state index in [4.69, 9.17) is 19.6 Å². The molecule has 0 aliphatic carbocycles. The third-order valence-corrected chi connectivity index (χ3v) is 6.92. The Bertz CT molecular complexity index is 1460. The average molecular weight is 540 g/mol. The number of aliphatic imine (C=N–C) groups is 1. The molecule has 8 heteroatoms. The van der Waals surface area contributed by atoms with Crippen LogP contribution in [-0.2, 0) is 4.79 Å². The topological polar surface area (TPSA) is 84.2 Å². The molecule has 3 aromatic carbocycles. The first-order chi connectivity index (χ1) is 19.0. The number of aryl methyl sites for hydroxylation is 1. The van der Waals surface area contributed by atoms with Crippen LogP contribution in [0.4, 0.5) is 0 Å². The van der Waals surface area contributed by atoms with E-state index in [-0.39, 0.29) is 11.4 Å². The van der Waals surface area contributed by atoms with E-state index >= 15 is 0 Å². The summed E-state index contributed by atoms with van der Waals surface area (Å²) in [5, 5.41) is 11.3. The van der Waals surface area contributed by atoms with Gasteiger partial charge in [-0.2, -0.15) is 4.99 Å². The molecule has 0 bridgehead atoms. The van der Waals surface area contributed by atoms with Crippen molar-refractivity contribution in [1.29, 1.82) is 5.41 Å². The first kappa shape index (κ1) is 26.3. The van der Waals surface area contributed by atoms with Crippen molar-refractivity contribution in [3.8, 4) is 17.2 Å². The lowest BCUT2D eigenvalue weighted by Gasteiger charge is -2.27. The number of hydrogen-bond donors (Lipinski definition) is 1. The van der Waals surface area contributed by atoms with Crippen LogP contribution in [0.2, 0.25) is 0 Å². The molecular weight excluding hydrogens is 510 g/mol. The van der Waals surface area contributed by atoms with Gasteiger partial charge in [-0.1, -0.05) is 65.9 Å². The third kappa shape index (κ3) is 6.07. The van der Waals surface area contributed by atoms with Gasteiger partial charge in [0.15, 0.2) is 16.7 Å². The molecule has 1 N–H and O–H groups in total. The number of carbonyl (C=O) groups is 1. The average Bonchev–Trinajstić information content (AvgIpc) is 3.37. The molecule has 2 heterocycles. The van der Waals surface area contributed by atoms with Crippen molar-refractivity contribution in [2.45, 2.75) is 20.3 Å². The first-order valence-corrected chi connectivity index (χ1v) is 13.7. The maximum absolute atomic E-state index is 12.9. The van der Waals surface area contributed by atoms with Crippen molar-refractivity contribution in [2.24, 2.45) is 4.99 Å². The van der Waals surface area contributed by atoms with E-state index in [1.54, 1.807) is 11.0 Å². The van der Waals surface area contributed by atoms with Crippen LogP contribution in [0.3, 0.4) is 0 Å². The van der Waals surface area contributed by atoms with Crippen LogP contribution >= 0.6 is 11.8 Å². The molecule has 1 amide bonds. The smallest absolute Gasteiger partial charge is 0.283 e. The van der Waals surface area contributed by atoms with Crippen LogP contribution in [0.1, 0.15) is 30.0 Å². The molecule has 0 radical (unpaired) electrons. The largest absolute Gasteiger partial charge is 0.493 e. The number of amidine groups is 2. The molecule has 0 saturated carbocycles. The summed E-state index contributed by atoms with van der Waals surface area (Å²) in [7, 11) is 0. The Morgan fingerprint density at radius 3 is 2.49 bits per heavy atom. The highest BCUT2D eigenvalue weighted by atomic mass is 32.2. The Morgan fingerprint density at radius 2 is 1.72 bits per heavy atom. The van der Waals surface area contributed by atoms with Gasteiger partial charge in [0, 0.05) is 11.8 Å². The lowest BCUT2D eigenvalue weighted by molar-refractivity contribution is -0.114. The normalized spacial score (nSPS) is 15.6. The van der Waals surface area contributed by atoms with Gasteiger partial charge in [0.25, 0.3) is 5.91 Å². The summed E-state index contributed by atoms with van der Waals surface area (Å²) >= 11 is 1.35. The molecule has 0 saturated heterocycles. The molecule has 0 spiro atoms. The van der Waals surface area contributed by atoms with E-state index in [9.17, 15) is 4.79 Å². The second-order valence-electron chi connectivity index (χ2n) is 8.93. The molecule has 0 unspecified atom stereocenters. The summed E-state index contributed by atoms with van der Waals surface area (Å²) in [6, 6.07) is 23.2. The fourth-order valence-electron chi connectivity index (χ4n) is 4.15. The Labute approximate surface area is 232 Å². The fraction of sp³-hybridized carbons (Fsp3) is 0.194. The molecule has 2 aliphatic heterocycles. The lowest BCUT2D eigenvalue weighted by atomic mass is 10.1. The summed E-state index contributed by atoms with van der Waals surface area (Å²) in [6.07, 6.45) is 2.39. The summed E-state index contributed by atoms with van der Waals surface area (Å²) < 4.78 is 17.6. The molecule has 2 aliphatic rings.